The van der Waals surface area contributed by atoms with Gasteiger partial charge < -0.3 is 14.6 Å². The fourth-order valence-corrected chi connectivity index (χ4v) is 1.89. The number of aromatic nitrogens is 1. The molecule has 1 aromatic heterocycles. The molecule has 0 radical (unpaired) electrons. The predicted octanol–water partition coefficient (Wildman–Crippen LogP) is 2.30. The molecule has 1 aromatic carbocycles. The molecule has 0 aliphatic heterocycles. The summed E-state index contributed by atoms with van der Waals surface area (Å²) in [5.41, 5.74) is 3.17. The van der Waals surface area contributed by atoms with Crippen LogP contribution in [0.25, 0.3) is 10.9 Å². The van der Waals surface area contributed by atoms with Crippen molar-refractivity contribution >= 4 is 22.6 Å². The number of aromatic amines is 1. The fourth-order valence-electron chi connectivity index (χ4n) is 1.89. The van der Waals surface area contributed by atoms with Gasteiger partial charge in [-0.1, -0.05) is 12.1 Å². The van der Waals surface area contributed by atoms with Gasteiger partial charge >= 0.3 is 5.97 Å². The summed E-state index contributed by atoms with van der Waals surface area (Å²) in [4.78, 5) is 16.1. The van der Waals surface area contributed by atoms with Crippen molar-refractivity contribution in [1.82, 2.24) is 4.98 Å². The lowest BCUT2D eigenvalue weighted by Crippen LogP contribution is -2.08. The standard InChI is InChI=1S/C13H16N2O2/c1-9(16)17-8-10-5-4-6-11-13(10)12(7-14-11)15(2)3/h4-7,14H,8H2,1-3H3. The van der Waals surface area contributed by atoms with Gasteiger partial charge in [0.05, 0.1) is 5.69 Å². The van der Waals surface area contributed by atoms with Crippen molar-refractivity contribution in [2.45, 2.75) is 13.5 Å². The Morgan fingerprint density at radius 3 is 2.82 bits per heavy atom. The molecule has 0 saturated heterocycles. The molecule has 0 saturated carbocycles. The van der Waals surface area contributed by atoms with Gasteiger partial charge in [-0.25, -0.2) is 0 Å². The third-order valence-electron chi connectivity index (χ3n) is 2.68. The number of esters is 1. The van der Waals surface area contributed by atoms with Crippen LogP contribution in [0.3, 0.4) is 0 Å². The smallest absolute Gasteiger partial charge is 0.302 e. The Kier molecular flexibility index (Phi) is 3.04. The van der Waals surface area contributed by atoms with Crippen molar-refractivity contribution in [2.75, 3.05) is 19.0 Å². The normalized spacial score (nSPS) is 10.5. The number of anilines is 1. The first-order valence-corrected chi connectivity index (χ1v) is 5.49. The Labute approximate surface area is 100 Å². The molecule has 4 nitrogen and oxygen atoms in total. The molecule has 0 amide bonds. The molecule has 2 aromatic rings. The zero-order valence-electron chi connectivity index (χ0n) is 10.3. The second-order valence-electron chi connectivity index (χ2n) is 4.19. The maximum atomic E-state index is 10.9. The molecule has 0 spiro atoms. The van der Waals surface area contributed by atoms with Gasteiger partial charge in [-0.3, -0.25) is 4.79 Å². The minimum Gasteiger partial charge on any atom is -0.461 e. The number of rotatable bonds is 3. The van der Waals surface area contributed by atoms with E-state index in [1.54, 1.807) is 0 Å². The topological polar surface area (TPSA) is 45.3 Å². The lowest BCUT2D eigenvalue weighted by molar-refractivity contribution is -0.142. The lowest BCUT2D eigenvalue weighted by atomic mass is 10.1. The number of carbonyl (C=O) groups excluding carboxylic acids is 1. The van der Waals surface area contributed by atoms with Crippen LogP contribution in [0.4, 0.5) is 5.69 Å². The van der Waals surface area contributed by atoms with Crippen molar-refractivity contribution < 1.29 is 9.53 Å². The Bertz CT molecular complexity index is 543. The first-order valence-electron chi connectivity index (χ1n) is 5.49. The average Bonchev–Trinajstić information content (AvgIpc) is 2.70. The number of hydrogen-bond donors (Lipinski definition) is 1. The molecule has 17 heavy (non-hydrogen) atoms. The van der Waals surface area contributed by atoms with Crippen LogP contribution in [-0.4, -0.2) is 25.0 Å². The van der Waals surface area contributed by atoms with Crippen molar-refractivity contribution in [3.05, 3.63) is 30.0 Å². The van der Waals surface area contributed by atoms with E-state index in [-0.39, 0.29) is 5.97 Å². The molecule has 2 rings (SSSR count). The summed E-state index contributed by atoms with van der Waals surface area (Å²) in [6, 6.07) is 5.95. The molecular weight excluding hydrogens is 216 g/mol. The quantitative estimate of drug-likeness (QED) is 0.826. The zero-order valence-corrected chi connectivity index (χ0v) is 10.3. The van der Waals surface area contributed by atoms with E-state index in [0.717, 1.165) is 22.2 Å². The van der Waals surface area contributed by atoms with Gasteiger partial charge in [-0.05, 0) is 6.07 Å². The van der Waals surface area contributed by atoms with Crippen LogP contribution in [0.1, 0.15) is 12.5 Å². The molecule has 0 fully saturated rings. The minimum atomic E-state index is -0.260. The molecule has 90 valence electrons. The van der Waals surface area contributed by atoms with Crippen molar-refractivity contribution in [3.8, 4) is 0 Å². The van der Waals surface area contributed by atoms with Gasteiger partial charge in [0.1, 0.15) is 6.61 Å². The summed E-state index contributed by atoms with van der Waals surface area (Å²) < 4.78 is 5.07. The lowest BCUT2D eigenvalue weighted by Gasteiger charge is -2.12. The summed E-state index contributed by atoms with van der Waals surface area (Å²) in [5, 5.41) is 1.11. The second-order valence-corrected chi connectivity index (χ2v) is 4.19. The fraction of sp³-hybridized carbons (Fsp3) is 0.308. The largest absolute Gasteiger partial charge is 0.461 e. The zero-order chi connectivity index (χ0) is 12.4. The van der Waals surface area contributed by atoms with E-state index in [4.69, 9.17) is 4.74 Å². The third kappa shape index (κ3) is 2.25. The van der Waals surface area contributed by atoms with Crippen LogP contribution < -0.4 is 4.90 Å². The van der Waals surface area contributed by atoms with Gasteiger partial charge in [0.25, 0.3) is 0 Å². The molecule has 0 bridgehead atoms. The number of fused-ring (bicyclic) bond motifs is 1. The Morgan fingerprint density at radius 2 is 2.18 bits per heavy atom. The molecule has 1 N–H and O–H groups in total. The van der Waals surface area contributed by atoms with Gasteiger partial charge in [-0.15, -0.1) is 0 Å². The van der Waals surface area contributed by atoms with Crippen LogP contribution >= 0.6 is 0 Å². The van der Waals surface area contributed by atoms with Gasteiger partial charge in [-0.2, -0.15) is 0 Å². The van der Waals surface area contributed by atoms with Crippen LogP contribution in [0.2, 0.25) is 0 Å². The molecule has 0 atom stereocenters. The first kappa shape index (κ1) is 11.5. The van der Waals surface area contributed by atoms with E-state index in [1.165, 1.54) is 6.92 Å². The maximum Gasteiger partial charge on any atom is 0.302 e. The molecule has 4 heteroatoms. The highest BCUT2D eigenvalue weighted by Gasteiger charge is 2.10. The summed E-state index contributed by atoms with van der Waals surface area (Å²) in [6.07, 6.45) is 1.96. The number of nitrogens with one attached hydrogen (secondary N) is 1. The number of carbonyl (C=O) groups is 1. The monoisotopic (exact) mass is 232 g/mol. The summed E-state index contributed by atoms with van der Waals surface area (Å²) in [7, 11) is 3.98. The Balaban J connectivity index is 2.46. The van der Waals surface area contributed by atoms with Gasteiger partial charge in [0, 0.05) is 43.7 Å². The molecule has 0 aliphatic carbocycles. The van der Waals surface area contributed by atoms with Crippen LogP contribution in [0, 0.1) is 0 Å². The summed E-state index contributed by atoms with van der Waals surface area (Å²) >= 11 is 0. The number of ether oxygens (including phenoxy) is 1. The Morgan fingerprint density at radius 1 is 1.41 bits per heavy atom. The molecule has 1 heterocycles. The summed E-state index contributed by atoms with van der Waals surface area (Å²) in [6.45, 7) is 1.73. The van der Waals surface area contributed by atoms with E-state index in [0.29, 0.717) is 6.61 Å². The van der Waals surface area contributed by atoms with Crippen LogP contribution in [0.15, 0.2) is 24.4 Å². The highest BCUT2D eigenvalue weighted by molar-refractivity contribution is 5.95. The number of H-pyrrole nitrogens is 1. The van der Waals surface area contributed by atoms with E-state index in [9.17, 15) is 4.79 Å². The molecular formula is C13H16N2O2. The second kappa shape index (κ2) is 4.49. The van der Waals surface area contributed by atoms with Crippen molar-refractivity contribution in [1.29, 1.82) is 0 Å². The summed E-state index contributed by atoms with van der Waals surface area (Å²) in [5.74, 6) is -0.260. The highest BCUT2D eigenvalue weighted by atomic mass is 16.5. The van der Waals surface area contributed by atoms with E-state index >= 15 is 0 Å². The SMILES string of the molecule is CC(=O)OCc1cccc2[nH]cc(N(C)C)c12. The average molecular weight is 232 g/mol. The highest BCUT2D eigenvalue weighted by Crippen LogP contribution is 2.29. The first-order chi connectivity index (χ1) is 8.09. The van der Waals surface area contributed by atoms with E-state index in [2.05, 4.69) is 4.98 Å². The predicted molar refractivity (Wildman–Crippen MR) is 68.1 cm³/mol. The third-order valence-corrected chi connectivity index (χ3v) is 2.68. The Hall–Kier alpha value is -1.97. The van der Waals surface area contributed by atoms with Crippen molar-refractivity contribution in [3.63, 3.8) is 0 Å². The van der Waals surface area contributed by atoms with E-state index < -0.39 is 0 Å². The minimum absolute atomic E-state index is 0.260. The van der Waals surface area contributed by atoms with Crippen LogP contribution in [-0.2, 0) is 16.1 Å². The maximum absolute atomic E-state index is 10.9. The van der Waals surface area contributed by atoms with Gasteiger partial charge in [0.15, 0.2) is 0 Å². The molecule has 0 aliphatic rings. The number of nitrogens with zero attached hydrogens (tertiary/aromatic N) is 1. The van der Waals surface area contributed by atoms with Crippen molar-refractivity contribution in [2.24, 2.45) is 0 Å². The number of benzene rings is 1. The van der Waals surface area contributed by atoms with Gasteiger partial charge in [0.2, 0.25) is 0 Å². The number of hydrogen-bond acceptors (Lipinski definition) is 3. The van der Waals surface area contributed by atoms with E-state index in [1.807, 2.05) is 43.4 Å². The van der Waals surface area contributed by atoms with Crippen LogP contribution in [0.5, 0.6) is 0 Å². The molecule has 0 unspecified atom stereocenters.